The lowest BCUT2D eigenvalue weighted by Crippen LogP contribution is -2.45. The molecule has 1 aromatic rings. The minimum absolute atomic E-state index is 0.139. The first-order valence-electron chi connectivity index (χ1n) is 7.57. The second-order valence-electron chi connectivity index (χ2n) is 6.74. The summed E-state index contributed by atoms with van der Waals surface area (Å²) in [6.45, 7) is 9.36. The lowest BCUT2D eigenvalue weighted by Gasteiger charge is -2.35. The fourth-order valence-corrected chi connectivity index (χ4v) is 2.67. The summed E-state index contributed by atoms with van der Waals surface area (Å²) in [5, 5.41) is 3.64. The highest BCUT2D eigenvalue weighted by molar-refractivity contribution is 5.19. The number of nitrogens with one attached hydrogen (secondary N) is 1. The molecule has 3 heteroatoms. The standard InChI is InChI=1S/C17H28N2O/c1-17(2,3)18-12-16(14-8-6-5-7-9-14)19(4)15-10-11-20-13-15/h5-9,15-16,18H,10-13H2,1-4H3. The Morgan fingerprint density at radius 2 is 2.00 bits per heavy atom. The van der Waals surface area contributed by atoms with Crippen LogP contribution in [0, 0.1) is 0 Å². The molecule has 0 spiro atoms. The molecule has 1 aliphatic rings. The normalized spacial score (nSPS) is 21.4. The third-order valence-corrected chi connectivity index (χ3v) is 3.98. The van der Waals surface area contributed by atoms with Gasteiger partial charge in [0.15, 0.2) is 0 Å². The molecule has 1 fully saturated rings. The zero-order chi connectivity index (χ0) is 14.6. The molecule has 3 nitrogen and oxygen atoms in total. The summed E-state index contributed by atoms with van der Waals surface area (Å²) >= 11 is 0. The van der Waals surface area contributed by atoms with E-state index in [2.05, 4.69) is 68.4 Å². The highest BCUT2D eigenvalue weighted by Crippen LogP contribution is 2.24. The number of likely N-dealkylation sites (N-methyl/N-ethyl adjacent to an activating group) is 1. The first-order valence-corrected chi connectivity index (χ1v) is 7.57. The van der Waals surface area contributed by atoms with Crippen LogP contribution in [0.1, 0.15) is 38.8 Å². The van der Waals surface area contributed by atoms with Gasteiger partial charge in [-0.25, -0.2) is 0 Å². The fraction of sp³-hybridized carbons (Fsp3) is 0.647. The Kier molecular flexibility index (Phi) is 5.19. The monoisotopic (exact) mass is 276 g/mol. The van der Waals surface area contributed by atoms with Crippen molar-refractivity contribution in [3.05, 3.63) is 35.9 Å². The average Bonchev–Trinajstić information content (AvgIpc) is 2.92. The van der Waals surface area contributed by atoms with E-state index in [1.807, 2.05) is 0 Å². The zero-order valence-corrected chi connectivity index (χ0v) is 13.2. The Labute approximate surface area is 123 Å². The summed E-state index contributed by atoms with van der Waals surface area (Å²) in [5.41, 5.74) is 1.51. The molecule has 1 aromatic carbocycles. The molecule has 1 N–H and O–H groups in total. The van der Waals surface area contributed by atoms with Crippen molar-refractivity contribution in [2.75, 3.05) is 26.8 Å². The maximum atomic E-state index is 5.55. The summed E-state index contributed by atoms with van der Waals surface area (Å²) in [7, 11) is 2.22. The van der Waals surface area contributed by atoms with Crippen LogP contribution in [0.3, 0.4) is 0 Å². The van der Waals surface area contributed by atoms with Crippen LogP contribution >= 0.6 is 0 Å². The number of hydrogen-bond acceptors (Lipinski definition) is 3. The Bertz CT molecular complexity index is 393. The van der Waals surface area contributed by atoms with Crippen LogP contribution in [0.2, 0.25) is 0 Å². The summed E-state index contributed by atoms with van der Waals surface area (Å²) in [5.74, 6) is 0. The molecule has 0 radical (unpaired) electrons. The number of hydrogen-bond donors (Lipinski definition) is 1. The molecule has 112 valence electrons. The van der Waals surface area contributed by atoms with Gasteiger partial charge < -0.3 is 10.1 Å². The van der Waals surface area contributed by atoms with Crippen molar-refractivity contribution in [2.45, 2.75) is 44.8 Å². The highest BCUT2D eigenvalue weighted by Gasteiger charge is 2.27. The van der Waals surface area contributed by atoms with E-state index in [4.69, 9.17) is 4.74 Å². The van der Waals surface area contributed by atoms with E-state index in [1.54, 1.807) is 0 Å². The van der Waals surface area contributed by atoms with E-state index in [0.717, 1.165) is 26.2 Å². The van der Waals surface area contributed by atoms with Crippen molar-refractivity contribution in [2.24, 2.45) is 0 Å². The van der Waals surface area contributed by atoms with Crippen LogP contribution in [-0.2, 0) is 4.74 Å². The van der Waals surface area contributed by atoms with Gasteiger partial charge in [0.25, 0.3) is 0 Å². The quantitative estimate of drug-likeness (QED) is 0.895. The first-order chi connectivity index (χ1) is 9.47. The van der Waals surface area contributed by atoms with Gasteiger partial charge in [-0.05, 0) is 39.8 Å². The summed E-state index contributed by atoms with van der Waals surface area (Å²) in [6, 6.07) is 11.7. The van der Waals surface area contributed by atoms with E-state index in [-0.39, 0.29) is 5.54 Å². The minimum atomic E-state index is 0.139. The van der Waals surface area contributed by atoms with Gasteiger partial charge in [-0.15, -0.1) is 0 Å². The van der Waals surface area contributed by atoms with Crippen LogP contribution in [0.25, 0.3) is 0 Å². The maximum Gasteiger partial charge on any atom is 0.0622 e. The van der Waals surface area contributed by atoms with Crippen molar-refractivity contribution in [1.82, 2.24) is 10.2 Å². The van der Waals surface area contributed by atoms with E-state index in [9.17, 15) is 0 Å². The minimum Gasteiger partial charge on any atom is -0.380 e. The molecule has 0 aromatic heterocycles. The molecule has 1 heterocycles. The van der Waals surface area contributed by atoms with E-state index in [1.165, 1.54) is 5.56 Å². The van der Waals surface area contributed by atoms with Crippen LogP contribution in [0.15, 0.2) is 30.3 Å². The molecule has 1 saturated heterocycles. The molecule has 2 atom stereocenters. The van der Waals surface area contributed by atoms with E-state index >= 15 is 0 Å². The van der Waals surface area contributed by atoms with Gasteiger partial charge in [0, 0.05) is 30.8 Å². The van der Waals surface area contributed by atoms with Crippen LogP contribution in [-0.4, -0.2) is 43.3 Å². The van der Waals surface area contributed by atoms with Crippen molar-refractivity contribution in [3.8, 4) is 0 Å². The molecule has 0 saturated carbocycles. The maximum absolute atomic E-state index is 5.55. The lowest BCUT2D eigenvalue weighted by atomic mass is 10.0. The number of ether oxygens (including phenoxy) is 1. The van der Waals surface area contributed by atoms with Crippen LogP contribution < -0.4 is 5.32 Å². The van der Waals surface area contributed by atoms with Gasteiger partial charge in [0.2, 0.25) is 0 Å². The third-order valence-electron chi connectivity index (χ3n) is 3.98. The van der Waals surface area contributed by atoms with Gasteiger partial charge in [-0.3, -0.25) is 4.90 Å². The second-order valence-corrected chi connectivity index (χ2v) is 6.74. The second kappa shape index (κ2) is 6.70. The molecule has 2 unspecified atom stereocenters. The molecular weight excluding hydrogens is 248 g/mol. The number of nitrogens with zero attached hydrogens (tertiary/aromatic N) is 1. The van der Waals surface area contributed by atoms with Crippen LogP contribution in [0.5, 0.6) is 0 Å². The smallest absolute Gasteiger partial charge is 0.0622 e. The Morgan fingerprint density at radius 3 is 2.55 bits per heavy atom. The van der Waals surface area contributed by atoms with Crippen LogP contribution in [0.4, 0.5) is 0 Å². The topological polar surface area (TPSA) is 24.5 Å². The van der Waals surface area contributed by atoms with Crippen molar-refractivity contribution >= 4 is 0 Å². The average molecular weight is 276 g/mol. The molecule has 20 heavy (non-hydrogen) atoms. The largest absolute Gasteiger partial charge is 0.380 e. The predicted molar refractivity (Wildman–Crippen MR) is 83.9 cm³/mol. The molecule has 0 aliphatic carbocycles. The summed E-state index contributed by atoms with van der Waals surface area (Å²) < 4.78 is 5.55. The number of rotatable bonds is 5. The SMILES string of the molecule is CN(C1CCOC1)C(CNC(C)(C)C)c1ccccc1. The van der Waals surface area contributed by atoms with E-state index < -0.39 is 0 Å². The van der Waals surface area contributed by atoms with Gasteiger partial charge in [0.05, 0.1) is 6.61 Å². The predicted octanol–water partition coefficient (Wildman–Crippen LogP) is 2.84. The van der Waals surface area contributed by atoms with Crippen molar-refractivity contribution in [1.29, 1.82) is 0 Å². The first kappa shape index (κ1) is 15.5. The van der Waals surface area contributed by atoms with Crippen molar-refractivity contribution < 1.29 is 4.74 Å². The van der Waals surface area contributed by atoms with Gasteiger partial charge in [-0.2, -0.15) is 0 Å². The molecule has 0 amide bonds. The van der Waals surface area contributed by atoms with Crippen molar-refractivity contribution in [3.63, 3.8) is 0 Å². The summed E-state index contributed by atoms with van der Waals surface area (Å²) in [4.78, 5) is 2.47. The molecule has 0 bridgehead atoms. The fourth-order valence-electron chi connectivity index (χ4n) is 2.67. The highest BCUT2D eigenvalue weighted by atomic mass is 16.5. The molecular formula is C17H28N2O. The van der Waals surface area contributed by atoms with Gasteiger partial charge in [0.1, 0.15) is 0 Å². The van der Waals surface area contributed by atoms with E-state index in [0.29, 0.717) is 12.1 Å². The Balaban J connectivity index is 2.10. The molecule has 2 rings (SSSR count). The number of benzene rings is 1. The Morgan fingerprint density at radius 1 is 1.30 bits per heavy atom. The third kappa shape index (κ3) is 4.30. The lowest BCUT2D eigenvalue weighted by molar-refractivity contribution is 0.127. The summed E-state index contributed by atoms with van der Waals surface area (Å²) in [6.07, 6.45) is 1.13. The Hall–Kier alpha value is -0.900. The molecule has 1 aliphatic heterocycles. The zero-order valence-electron chi connectivity index (χ0n) is 13.2. The van der Waals surface area contributed by atoms with Gasteiger partial charge in [-0.1, -0.05) is 30.3 Å². The van der Waals surface area contributed by atoms with Gasteiger partial charge >= 0.3 is 0 Å².